The molecule has 20 heavy (non-hydrogen) atoms. The number of rotatable bonds is 6. The number of carboxylic acid groups (broad SMARTS) is 1. The lowest BCUT2D eigenvalue weighted by molar-refractivity contribution is 0.0692. The van der Waals surface area contributed by atoms with Gasteiger partial charge in [0.2, 0.25) is 10.0 Å². The van der Waals surface area contributed by atoms with Gasteiger partial charge < -0.3 is 5.11 Å². The van der Waals surface area contributed by atoms with Crippen LogP contribution in [0.2, 0.25) is 0 Å². The van der Waals surface area contributed by atoms with E-state index in [1.165, 1.54) is 24.3 Å². The first-order valence-corrected chi connectivity index (χ1v) is 7.50. The molecule has 0 bridgehead atoms. The Morgan fingerprint density at radius 3 is 2.55 bits per heavy atom. The van der Waals surface area contributed by atoms with Gasteiger partial charge in [-0.3, -0.25) is 0 Å². The molecule has 0 amide bonds. The number of aromatic carboxylic acids is 1. The predicted molar refractivity (Wildman–Crippen MR) is 72.6 cm³/mol. The summed E-state index contributed by atoms with van der Waals surface area (Å²) in [5.41, 5.74) is -0.268. The molecule has 0 fully saturated rings. The number of carbonyl (C=O) groups is 1. The Hall–Kier alpha value is -1.91. The largest absolute Gasteiger partial charge is 0.478 e. The van der Waals surface area contributed by atoms with Crippen LogP contribution in [0.5, 0.6) is 0 Å². The van der Waals surface area contributed by atoms with E-state index in [9.17, 15) is 13.2 Å². The number of nitriles is 1. The fourth-order valence-corrected chi connectivity index (χ4v) is 3.47. The highest BCUT2D eigenvalue weighted by Gasteiger charge is 2.28. The summed E-state index contributed by atoms with van der Waals surface area (Å²) in [5.74, 6) is -1.77. The number of hydrogen-bond donors (Lipinski definition) is 1. The quantitative estimate of drug-likeness (QED) is 0.858. The van der Waals surface area contributed by atoms with E-state index in [1.807, 2.05) is 6.07 Å². The smallest absolute Gasteiger partial charge is 0.337 e. The van der Waals surface area contributed by atoms with Crippen molar-refractivity contribution in [2.45, 2.75) is 18.7 Å². The van der Waals surface area contributed by atoms with E-state index in [-0.39, 0.29) is 23.5 Å². The average Bonchev–Trinajstić information content (AvgIpc) is 2.44. The Bertz CT molecular complexity index is 634. The molecule has 0 saturated carbocycles. The zero-order chi connectivity index (χ0) is 15.3. The van der Waals surface area contributed by atoms with Crippen LogP contribution in [0.15, 0.2) is 29.2 Å². The van der Waals surface area contributed by atoms with Crippen LogP contribution >= 0.6 is 0 Å². The maximum absolute atomic E-state index is 12.5. The molecule has 0 aliphatic heterocycles. The first kappa shape index (κ1) is 16.1. The van der Waals surface area contributed by atoms with Gasteiger partial charge in [0, 0.05) is 13.1 Å². The summed E-state index contributed by atoms with van der Waals surface area (Å²) < 4.78 is 26.1. The predicted octanol–water partition coefficient (Wildman–Crippen LogP) is 1.56. The lowest BCUT2D eigenvalue weighted by Gasteiger charge is -2.22. The highest BCUT2D eigenvalue weighted by Crippen LogP contribution is 2.21. The van der Waals surface area contributed by atoms with Gasteiger partial charge in [-0.15, -0.1) is 0 Å². The molecule has 0 saturated heterocycles. The van der Waals surface area contributed by atoms with Crippen molar-refractivity contribution in [1.29, 1.82) is 5.26 Å². The molecule has 1 rings (SSSR count). The van der Waals surface area contributed by atoms with Crippen LogP contribution in [0.1, 0.15) is 24.2 Å². The van der Waals surface area contributed by atoms with Crippen molar-refractivity contribution in [1.82, 2.24) is 4.31 Å². The van der Waals surface area contributed by atoms with Gasteiger partial charge >= 0.3 is 5.97 Å². The van der Waals surface area contributed by atoms with E-state index in [1.54, 1.807) is 13.8 Å². The number of nitrogens with zero attached hydrogens (tertiary/aromatic N) is 2. The van der Waals surface area contributed by atoms with E-state index in [0.29, 0.717) is 0 Å². The lowest BCUT2D eigenvalue weighted by atomic mass is 10.2. The van der Waals surface area contributed by atoms with E-state index < -0.39 is 21.9 Å². The molecule has 1 aromatic rings. The Kier molecular flexibility index (Phi) is 5.25. The van der Waals surface area contributed by atoms with Crippen molar-refractivity contribution < 1.29 is 18.3 Å². The SMILES string of the molecule is CCN(CC(C)C#N)S(=O)(=O)c1ccccc1C(=O)O. The summed E-state index contributed by atoms with van der Waals surface area (Å²) in [5, 5.41) is 17.9. The number of hydrogen-bond acceptors (Lipinski definition) is 4. The topological polar surface area (TPSA) is 98.5 Å². The molecular formula is C13H16N2O4S. The molecule has 0 heterocycles. The second-order valence-electron chi connectivity index (χ2n) is 4.29. The van der Waals surface area contributed by atoms with Crippen LogP contribution in [0.3, 0.4) is 0 Å². The first-order chi connectivity index (χ1) is 9.34. The van der Waals surface area contributed by atoms with E-state index in [0.717, 1.165) is 4.31 Å². The third kappa shape index (κ3) is 3.35. The van der Waals surface area contributed by atoms with Crippen LogP contribution in [-0.4, -0.2) is 36.9 Å². The Labute approximate surface area is 118 Å². The second kappa shape index (κ2) is 6.50. The molecule has 0 spiro atoms. The molecule has 0 aromatic heterocycles. The van der Waals surface area contributed by atoms with E-state index >= 15 is 0 Å². The van der Waals surface area contributed by atoms with Crippen LogP contribution < -0.4 is 0 Å². The Morgan fingerprint density at radius 2 is 2.05 bits per heavy atom. The van der Waals surface area contributed by atoms with Crippen molar-refractivity contribution in [3.05, 3.63) is 29.8 Å². The third-order valence-electron chi connectivity index (χ3n) is 2.79. The van der Waals surface area contributed by atoms with E-state index in [4.69, 9.17) is 10.4 Å². The molecule has 0 radical (unpaired) electrons. The van der Waals surface area contributed by atoms with Crippen molar-refractivity contribution >= 4 is 16.0 Å². The van der Waals surface area contributed by atoms with Gasteiger partial charge in [0.1, 0.15) is 0 Å². The summed E-state index contributed by atoms with van der Waals surface area (Å²) >= 11 is 0. The van der Waals surface area contributed by atoms with Gasteiger partial charge in [-0.2, -0.15) is 9.57 Å². The zero-order valence-electron chi connectivity index (χ0n) is 11.3. The van der Waals surface area contributed by atoms with Gasteiger partial charge in [0.05, 0.1) is 22.4 Å². The molecule has 1 N–H and O–H groups in total. The monoisotopic (exact) mass is 296 g/mol. The number of sulfonamides is 1. The van der Waals surface area contributed by atoms with Crippen molar-refractivity contribution in [2.24, 2.45) is 5.92 Å². The molecule has 6 nitrogen and oxygen atoms in total. The van der Waals surface area contributed by atoms with Gasteiger partial charge in [-0.05, 0) is 19.1 Å². The minimum atomic E-state index is -3.93. The number of carboxylic acids is 1. The molecule has 1 unspecified atom stereocenters. The standard InChI is InChI=1S/C13H16N2O4S/c1-3-15(9-10(2)8-14)20(18,19)12-7-5-4-6-11(12)13(16)17/h4-7,10H,3,9H2,1-2H3,(H,16,17). The molecule has 108 valence electrons. The van der Waals surface area contributed by atoms with Crippen LogP contribution in [0, 0.1) is 17.2 Å². The average molecular weight is 296 g/mol. The van der Waals surface area contributed by atoms with E-state index in [2.05, 4.69) is 0 Å². The molecule has 7 heteroatoms. The molecule has 1 aromatic carbocycles. The lowest BCUT2D eigenvalue weighted by Crippen LogP contribution is -2.35. The van der Waals surface area contributed by atoms with Gasteiger partial charge in [0.25, 0.3) is 0 Å². The van der Waals surface area contributed by atoms with Gasteiger partial charge in [0.15, 0.2) is 0 Å². The first-order valence-electron chi connectivity index (χ1n) is 6.06. The third-order valence-corrected chi connectivity index (χ3v) is 4.78. The second-order valence-corrected chi connectivity index (χ2v) is 6.19. The number of benzene rings is 1. The fraction of sp³-hybridized carbons (Fsp3) is 0.385. The minimum Gasteiger partial charge on any atom is -0.478 e. The summed E-state index contributed by atoms with van der Waals surface area (Å²) in [7, 11) is -3.93. The summed E-state index contributed by atoms with van der Waals surface area (Å²) in [6, 6.07) is 7.42. The summed E-state index contributed by atoms with van der Waals surface area (Å²) in [6.45, 7) is 3.46. The highest BCUT2D eigenvalue weighted by atomic mass is 32.2. The molecule has 0 aliphatic carbocycles. The summed E-state index contributed by atoms with van der Waals surface area (Å²) in [6.07, 6.45) is 0. The minimum absolute atomic E-state index is 0.0310. The maximum atomic E-state index is 12.5. The van der Waals surface area contributed by atoms with Gasteiger partial charge in [-0.1, -0.05) is 19.1 Å². The summed E-state index contributed by atoms with van der Waals surface area (Å²) in [4.78, 5) is 10.9. The normalized spacial score (nSPS) is 12.9. The maximum Gasteiger partial charge on any atom is 0.337 e. The van der Waals surface area contributed by atoms with Crippen molar-refractivity contribution in [3.63, 3.8) is 0 Å². The molecular weight excluding hydrogens is 280 g/mol. The molecule has 1 atom stereocenters. The highest BCUT2D eigenvalue weighted by molar-refractivity contribution is 7.89. The van der Waals surface area contributed by atoms with Crippen LogP contribution in [0.4, 0.5) is 0 Å². The fourth-order valence-electron chi connectivity index (χ4n) is 1.75. The Morgan fingerprint density at radius 1 is 1.45 bits per heavy atom. The molecule has 0 aliphatic rings. The van der Waals surface area contributed by atoms with Crippen LogP contribution in [0.25, 0.3) is 0 Å². The zero-order valence-corrected chi connectivity index (χ0v) is 12.1. The van der Waals surface area contributed by atoms with Crippen LogP contribution in [-0.2, 0) is 10.0 Å². The van der Waals surface area contributed by atoms with Gasteiger partial charge in [-0.25, -0.2) is 13.2 Å². The van der Waals surface area contributed by atoms with Crippen molar-refractivity contribution in [2.75, 3.05) is 13.1 Å². The van der Waals surface area contributed by atoms with Crippen molar-refractivity contribution in [3.8, 4) is 6.07 Å². The Balaban J connectivity index is 3.29.